The van der Waals surface area contributed by atoms with E-state index in [0.29, 0.717) is 12.0 Å². The minimum Gasteiger partial charge on any atom is -0.393 e. The van der Waals surface area contributed by atoms with E-state index in [1.54, 1.807) is 0 Å². The highest BCUT2D eigenvalue weighted by Gasteiger charge is 2.23. The Morgan fingerprint density at radius 2 is 2.08 bits per heavy atom. The van der Waals surface area contributed by atoms with Gasteiger partial charge in [-0.1, -0.05) is 12.8 Å². The quantitative estimate of drug-likeness (QED) is 0.675. The van der Waals surface area contributed by atoms with Crippen LogP contribution in [-0.2, 0) is 0 Å². The Bertz CT molecular complexity index is 127. The van der Waals surface area contributed by atoms with Crippen LogP contribution in [0.25, 0.3) is 0 Å². The molecular weight excluding hydrogens is 150 g/mol. The van der Waals surface area contributed by atoms with Crippen molar-refractivity contribution in [1.82, 2.24) is 5.32 Å². The third-order valence-electron chi connectivity index (χ3n) is 3.02. The number of aliphatic hydroxyl groups is 1. The molecule has 1 fully saturated rings. The molecule has 0 aromatic rings. The summed E-state index contributed by atoms with van der Waals surface area (Å²) in [5.41, 5.74) is 0. The summed E-state index contributed by atoms with van der Waals surface area (Å²) < 4.78 is 0. The topological polar surface area (TPSA) is 32.3 Å². The van der Waals surface area contributed by atoms with Crippen molar-refractivity contribution in [3.8, 4) is 0 Å². The second-order valence-electron chi connectivity index (χ2n) is 4.04. The first kappa shape index (κ1) is 10.0. The van der Waals surface area contributed by atoms with Gasteiger partial charge >= 0.3 is 0 Å². The van der Waals surface area contributed by atoms with Crippen LogP contribution in [0.5, 0.6) is 0 Å². The van der Waals surface area contributed by atoms with E-state index in [9.17, 15) is 5.11 Å². The molecule has 1 aliphatic rings. The fourth-order valence-electron chi connectivity index (χ4n) is 2.04. The first-order valence-electron chi connectivity index (χ1n) is 5.09. The van der Waals surface area contributed by atoms with Crippen LogP contribution in [-0.4, -0.2) is 24.3 Å². The average molecular weight is 171 g/mol. The van der Waals surface area contributed by atoms with E-state index in [1.165, 1.54) is 19.3 Å². The van der Waals surface area contributed by atoms with Gasteiger partial charge in [-0.05, 0) is 39.2 Å². The second kappa shape index (κ2) is 4.83. The minimum atomic E-state index is -0.0328. The molecule has 0 saturated heterocycles. The van der Waals surface area contributed by atoms with Crippen molar-refractivity contribution >= 4 is 0 Å². The molecule has 3 atom stereocenters. The SMILES string of the molecule is CNC(C)CC1CCCCC1O. The third kappa shape index (κ3) is 2.76. The van der Waals surface area contributed by atoms with Crippen molar-refractivity contribution in [2.45, 2.75) is 51.2 Å². The van der Waals surface area contributed by atoms with Crippen molar-refractivity contribution in [1.29, 1.82) is 0 Å². The van der Waals surface area contributed by atoms with E-state index in [4.69, 9.17) is 0 Å². The summed E-state index contributed by atoms with van der Waals surface area (Å²) in [5, 5.41) is 12.9. The number of nitrogens with one attached hydrogen (secondary N) is 1. The van der Waals surface area contributed by atoms with E-state index < -0.39 is 0 Å². The van der Waals surface area contributed by atoms with Crippen LogP contribution in [0.15, 0.2) is 0 Å². The molecule has 0 radical (unpaired) electrons. The summed E-state index contributed by atoms with van der Waals surface area (Å²) in [5.74, 6) is 0.543. The summed E-state index contributed by atoms with van der Waals surface area (Å²) in [4.78, 5) is 0. The largest absolute Gasteiger partial charge is 0.393 e. The molecule has 1 rings (SSSR count). The Kier molecular flexibility index (Phi) is 4.02. The van der Waals surface area contributed by atoms with Gasteiger partial charge < -0.3 is 10.4 Å². The van der Waals surface area contributed by atoms with E-state index >= 15 is 0 Å². The second-order valence-corrected chi connectivity index (χ2v) is 4.04. The van der Waals surface area contributed by atoms with Gasteiger partial charge in [-0.3, -0.25) is 0 Å². The molecule has 0 spiro atoms. The lowest BCUT2D eigenvalue weighted by Crippen LogP contribution is -2.31. The highest BCUT2D eigenvalue weighted by atomic mass is 16.3. The van der Waals surface area contributed by atoms with Crippen molar-refractivity contribution in [2.24, 2.45) is 5.92 Å². The van der Waals surface area contributed by atoms with Gasteiger partial charge in [0.15, 0.2) is 0 Å². The van der Waals surface area contributed by atoms with Gasteiger partial charge in [-0.2, -0.15) is 0 Å². The highest BCUT2D eigenvalue weighted by molar-refractivity contribution is 4.77. The molecule has 1 aliphatic carbocycles. The molecule has 3 unspecified atom stereocenters. The first-order chi connectivity index (χ1) is 5.74. The number of hydrogen-bond acceptors (Lipinski definition) is 2. The Morgan fingerprint density at radius 1 is 1.42 bits per heavy atom. The lowest BCUT2D eigenvalue weighted by atomic mass is 9.83. The van der Waals surface area contributed by atoms with E-state index in [2.05, 4.69) is 12.2 Å². The van der Waals surface area contributed by atoms with E-state index in [-0.39, 0.29) is 6.10 Å². The van der Waals surface area contributed by atoms with Crippen LogP contribution in [0, 0.1) is 5.92 Å². The molecule has 0 amide bonds. The molecule has 2 nitrogen and oxygen atoms in total. The molecule has 0 heterocycles. The molecule has 72 valence electrons. The van der Waals surface area contributed by atoms with Crippen molar-refractivity contribution in [3.63, 3.8) is 0 Å². The predicted molar refractivity (Wildman–Crippen MR) is 51.1 cm³/mol. The van der Waals surface area contributed by atoms with Crippen LogP contribution in [0.2, 0.25) is 0 Å². The van der Waals surface area contributed by atoms with Crippen LogP contribution in [0.3, 0.4) is 0 Å². The third-order valence-corrected chi connectivity index (χ3v) is 3.02. The normalized spacial score (nSPS) is 33.2. The lowest BCUT2D eigenvalue weighted by Gasteiger charge is -2.29. The fourth-order valence-corrected chi connectivity index (χ4v) is 2.04. The van der Waals surface area contributed by atoms with Gasteiger partial charge in [-0.15, -0.1) is 0 Å². The summed E-state index contributed by atoms with van der Waals surface area (Å²) in [6, 6.07) is 0.544. The number of rotatable bonds is 3. The zero-order valence-corrected chi connectivity index (χ0v) is 8.21. The summed E-state index contributed by atoms with van der Waals surface area (Å²) in [6.45, 7) is 2.18. The first-order valence-corrected chi connectivity index (χ1v) is 5.09. The van der Waals surface area contributed by atoms with Crippen LogP contribution in [0.1, 0.15) is 39.0 Å². The summed E-state index contributed by atoms with van der Waals surface area (Å²) in [6.07, 6.45) is 5.84. The van der Waals surface area contributed by atoms with Gasteiger partial charge in [-0.25, -0.2) is 0 Å². The van der Waals surface area contributed by atoms with Gasteiger partial charge in [0.2, 0.25) is 0 Å². The number of hydrogen-bond donors (Lipinski definition) is 2. The molecule has 0 aliphatic heterocycles. The maximum atomic E-state index is 9.69. The van der Waals surface area contributed by atoms with E-state index in [1.807, 2.05) is 7.05 Å². The molecule has 0 aromatic heterocycles. The monoisotopic (exact) mass is 171 g/mol. The van der Waals surface area contributed by atoms with Gasteiger partial charge in [0.05, 0.1) is 6.10 Å². The molecule has 0 bridgehead atoms. The molecule has 2 heteroatoms. The standard InChI is InChI=1S/C10H21NO/c1-8(11-2)7-9-5-3-4-6-10(9)12/h8-12H,3-7H2,1-2H3. The molecule has 12 heavy (non-hydrogen) atoms. The Hall–Kier alpha value is -0.0800. The predicted octanol–water partition coefficient (Wildman–Crippen LogP) is 1.54. The molecular formula is C10H21NO. The van der Waals surface area contributed by atoms with Crippen molar-refractivity contribution in [3.05, 3.63) is 0 Å². The maximum absolute atomic E-state index is 9.69. The van der Waals surface area contributed by atoms with Crippen LogP contribution in [0.4, 0.5) is 0 Å². The lowest BCUT2D eigenvalue weighted by molar-refractivity contribution is 0.0609. The summed E-state index contributed by atoms with van der Waals surface area (Å²) >= 11 is 0. The molecule has 2 N–H and O–H groups in total. The maximum Gasteiger partial charge on any atom is 0.0569 e. The average Bonchev–Trinajstić information content (AvgIpc) is 2.09. The van der Waals surface area contributed by atoms with Gasteiger partial charge in [0.1, 0.15) is 0 Å². The van der Waals surface area contributed by atoms with E-state index in [0.717, 1.165) is 12.8 Å². The van der Waals surface area contributed by atoms with Gasteiger partial charge in [0, 0.05) is 6.04 Å². The highest BCUT2D eigenvalue weighted by Crippen LogP contribution is 2.27. The van der Waals surface area contributed by atoms with Crippen LogP contribution < -0.4 is 5.32 Å². The Balaban J connectivity index is 2.28. The smallest absolute Gasteiger partial charge is 0.0569 e. The zero-order valence-electron chi connectivity index (χ0n) is 8.21. The van der Waals surface area contributed by atoms with Crippen molar-refractivity contribution in [2.75, 3.05) is 7.05 Å². The zero-order chi connectivity index (χ0) is 8.97. The van der Waals surface area contributed by atoms with Crippen molar-refractivity contribution < 1.29 is 5.11 Å². The van der Waals surface area contributed by atoms with Gasteiger partial charge in [0.25, 0.3) is 0 Å². The molecule has 1 saturated carbocycles. The van der Waals surface area contributed by atoms with Crippen LogP contribution >= 0.6 is 0 Å². The Labute approximate surface area is 75.4 Å². The Morgan fingerprint density at radius 3 is 2.67 bits per heavy atom. The minimum absolute atomic E-state index is 0.0328. The fraction of sp³-hybridized carbons (Fsp3) is 1.00. The summed E-state index contributed by atoms with van der Waals surface area (Å²) in [7, 11) is 1.99. The molecule has 0 aromatic carbocycles. The number of aliphatic hydroxyl groups excluding tert-OH is 1.